The number of aliphatic hydroxyl groups excluding tert-OH is 1. The van der Waals surface area contributed by atoms with Crippen molar-refractivity contribution in [2.75, 3.05) is 26.8 Å². The van der Waals surface area contributed by atoms with Gasteiger partial charge in [0.15, 0.2) is 0 Å². The Morgan fingerprint density at radius 2 is 2.00 bits per heavy atom. The summed E-state index contributed by atoms with van der Waals surface area (Å²) < 4.78 is 11.3. The van der Waals surface area contributed by atoms with Crippen LogP contribution in [0.25, 0.3) is 0 Å². The third kappa shape index (κ3) is 6.05. The van der Waals surface area contributed by atoms with Crippen LogP contribution in [0.4, 0.5) is 0 Å². The van der Waals surface area contributed by atoms with Crippen molar-refractivity contribution in [2.45, 2.75) is 6.10 Å². The lowest BCUT2D eigenvalue weighted by atomic mass is 10.3. The van der Waals surface area contributed by atoms with Crippen LogP contribution in [0.3, 0.4) is 0 Å². The number of methoxy groups -OCH3 is 1. The van der Waals surface area contributed by atoms with Gasteiger partial charge < -0.3 is 19.9 Å². The molecular formula is C13H18BrNO3. The fourth-order valence-corrected chi connectivity index (χ4v) is 1.50. The minimum Gasteiger partial charge on any atom is -0.497 e. The fraction of sp³-hybridized carbons (Fsp3) is 0.385. The van der Waals surface area contributed by atoms with E-state index in [9.17, 15) is 5.11 Å². The standard InChI is InChI=1S/C13H18BrNO3/c1-10(14)7-15-8-11(16)9-18-13-5-3-12(17-2)4-6-13/h3-6,11,15-16H,1,7-9H2,2H3. The molecule has 0 aliphatic heterocycles. The Hall–Kier alpha value is -1.04. The molecule has 0 aliphatic rings. The summed E-state index contributed by atoms with van der Waals surface area (Å²) in [6, 6.07) is 7.24. The summed E-state index contributed by atoms with van der Waals surface area (Å²) in [4.78, 5) is 0. The van der Waals surface area contributed by atoms with E-state index in [4.69, 9.17) is 9.47 Å². The molecule has 0 saturated carbocycles. The predicted octanol–water partition coefficient (Wildman–Crippen LogP) is 1.93. The van der Waals surface area contributed by atoms with Crippen LogP contribution in [0.1, 0.15) is 0 Å². The van der Waals surface area contributed by atoms with Gasteiger partial charge in [-0.25, -0.2) is 0 Å². The summed E-state index contributed by atoms with van der Waals surface area (Å²) in [7, 11) is 1.61. The number of aliphatic hydroxyl groups is 1. The van der Waals surface area contributed by atoms with Crippen LogP contribution in [0.5, 0.6) is 11.5 Å². The Bertz CT molecular complexity index is 367. The molecule has 0 spiro atoms. The smallest absolute Gasteiger partial charge is 0.119 e. The number of rotatable bonds is 8. The maximum absolute atomic E-state index is 9.67. The van der Waals surface area contributed by atoms with Gasteiger partial charge in [-0.15, -0.1) is 0 Å². The molecule has 1 atom stereocenters. The molecule has 0 aromatic heterocycles. The maximum atomic E-state index is 9.67. The van der Waals surface area contributed by atoms with Crippen LogP contribution < -0.4 is 14.8 Å². The van der Waals surface area contributed by atoms with Gasteiger partial charge in [-0.05, 0) is 24.3 Å². The molecule has 1 aromatic rings. The molecule has 0 amide bonds. The second-order valence-electron chi connectivity index (χ2n) is 3.79. The first-order valence-electron chi connectivity index (χ1n) is 5.60. The van der Waals surface area contributed by atoms with Gasteiger partial charge in [0.25, 0.3) is 0 Å². The Kier molecular flexibility index (Phi) is 6.78. The number of hydrogen-bond acceptors (Lipinski definition) is 4. The summed E-state index contributed by atoms with van der Waals surface area (Å²) in [6.07, 6.45) is -0.557. The van der Waals surface area contributed by atoms with Crippen molar-refractivity contribution in [3.8, 4) is 11.5 Å². The van der Waals surface area contributed by atoms with Gasteiger partial charge in [0.1, 0.15) is 24.2 Å². The summed E-state index contributed by atoms with van der Waals surface area (Å²) in [5.74, 6) is 1.49. The second kappa shape index (κ2) is 8.13. The molecule has 0 fully saturated rings. The van der Waals surface area contributed by atoms with Crippen LogP contribution >= 0.6 is 15.9 Å². The molecule has 18 heavy (non-hydrogen) atoms. The van der Waals surface area contributed by atoms with Gasteiger partial charge in [0.2, 0.25) is 0 Å². The van der Waals surface area contributed by atoms with Gasteiger partial charge in [0, 0.05) is 17.6 Å². The summed E-state index contributed by atoms with van der Waals surface area (Å²) in [6.45, 7) is 5.02. The highest BCUT2D eigenvalue weighted by Crippen LogP contribution is 2.16. The van der Waals surface area contributed by atoms with E-state index in [2.05, 4.69) is 27.8 Å². The molecule has 2 N–H and O–H groups in total. The molecule has 0 saturated heterocycles. The van der Waals surface area contributed by atoms with Gasteiger partial charge in [-0.1, -0.05) is 22.5 Å². The van der Waals surface area contributed by atoms with Crippen molar-refractivity contribution in [1.82, 2.24) is 5.32 Å². The van der Waals surface area contributed by atoms with E-state index >= 15 is 0 Å². The SMILES string of the molecule is C=C(Br)CNCC(O)COc1ccc(OC)cc1. The molecule has 4 nitrogen and oxygen atoms in total. The highest BCUT2D eigenvalue weighted by Gasteiger charge is 2.05. The van der Waals surface area contributed by atoms with Gasteiger partial charge in [-0.2, -0.15) is 0 Å². The maximum Gasteiger partial charge on any atom is 0.119 e. The molecule has 100 valence electrons. The lowest BCUT2D eigenvalue weighted by molar-refractivity contribution is 0.107. The average molecular weight is 316 g/mol. The van der Waals surface area contributed by atoms with Crippen LogP contribution in [0.15, 0.2) is 35.3 Å². The Labute approximate surface area is 116 Å². The number of nitrogens with one attached hydrogen (secondary N) is 1. The Morgan fingerprint density at radius 3 is 2.56 bits per heavy atom. The van der Waals surface area contributed by atoms with Crippen LogP contribution in [0.2, 0.25) is 0 Å². The first-order valence-corrected chi connectivity index (χ1v) is 6.40. The minimum atomic E-state index is -0.557. The third-order valence-corrected chi connectivity index (χ3v) is 2.48. The number of ether oxygens (including phenoxy) is 2. The quantitative estimate of drug-likeness (QED) is 0.769. The van der Waals surface area contributed by atoms with E-state index in [-0.39, 0.29) is 6.61 Å². The van der Waals surface area contributed by atoms with Crippen LogP contribution in [0, 0.1) is 0 Å². The third-order valence-electron chi connectivity index (χ3n) is 2.20. The van der Waals surface area contributed by atoms with Crippen LogP contribution in [-0.2, 0) is 0 Å². The second-order valence-corrected chi connectivity index (χ2v) is 4.91. The van der Waals surface area contributed by atoms with Crippen molar-refractivity contribution in [3.05, 3.63) is 35.3 Å². The molecule has 0 heterocycles. The minimum absolute atomic E-state index is 0.244. The van der Waals surface area contributed by atoms with Crippen molar-refractivity contribution in [2.24, 2.45) is 0 Å². The van der Waals surface area contributed by atoms with Crippen molar-refractivity contribution >= 4 is 15.9 Å². The monoisotopic (exact) mass is 315 g/mol. The van der Waals surface area contributed by atoms with E-state index in [1.165, 1.54) is 0 Å². The number of benzene rings is 1. The molecule has 0 radical (unpaired) electrons. The molecule has 5 heteroatoms. The zero-order valence-electron chi connectivity index (χ0n) is 10.4. The molecule has 1 unspecified atom stereocenters. The highest BCUT2D eigenvalue weighted by atomic mass is 79.9. The first kappa shape index (κ1) is 15.0. The molecule has 1 aromatic carbocycles. The van der Waals surface area contributed by atoms with E-state index < -0.39 is 6.10 Å². The largest absolute Gasteiger partial charge is 0.497 e. The fourth-order valence-electron chi connectivity index (χ4n) is 1.30. The Morgan fingerprint density at radius 1 is 1.39 bits per heavy atom. The van der Waals surface area contributed by atoms with Crippen molar-refractivity contribution in [1.29, 1.82) is 0 Å². The zero-order chi connectivity index (χ0) is 13.4. The molecule has 0 aliphatic carbocycles. The van der Waals surface area contributed by atoms with Crippen LogP contribution in [-0.4, -0.2) is 38.0 Å². The number of hydrogen-bond donors (Lipinski definition) is 2. The summed E-state index contributed by atoms with van der Waals surface area (Å²) in [5.41, 5.74) is 0. The molecule has 0 bridgehead atoms. The summed E-state index contributed by atoms with van der Waals surface area (Å²) in [5, 5.41) is 12.7. The zero-order valence-corrected chi connectivity index (χ0v) is 11.9. The normalized spacial score (nSPS) is 11.9. The van der Waals surface area contributed by atoms with Crippen molar-refractivity contribution < 1.29 is 14.6 Å². The predicted molar refractivity (Wildman–Crippen MR) is 75.4 cm³/mol. The molecule has 1 rings (SSSR count). The lowest BCUT2D eigenvalue weighted by Crippen LogP contribution is -2.32. The Balaban J connectivity index is 2.24. The topological polar surface area (TPSA) is 50.7 Å². The first-order chi connectivity index (χ1) is 8.61. The molecular weight excluding hydrogens is 298 g/mol. The van der Waals surface area contributed by atoms with E-state index in [0.29, 0.717) is 18.8 Å². The lowest BCUT2D eigenvalue weighted by Gasteiger charge is -2.13. The van der Waals surface area contributed by atoms with Crippen molar-refractivity contribution in [3.63, 3.8) is 0 Å². The van der Waals surface area contributed by atoms with Gasteiger partial charge in [0.05, 0.1) is 7.11 Å². The van der Waals surface area contributed by atoms with E-state index in [0.717, 1.165) is 10.2 Å². The van der Waals surface area contributed by atoms with E-state index in [1.54, 1.807) is 19.2 Å². The number of halogens is 1. The van der Waals surface area contributed by atoms with E-state index in [1.807, 2.05) is 12.1 Å². The average Bonchev–Trinajstić information content (AvgIpc) is 2.36. The van der Waals surface area contributed by atoms with Gasteiger partial charge in [-0.3, -0.25) is 0 Å². The van der Waals surface area contributed by atoms with Gasteiger partial charge >= 0.3 is 0 Å². The highest BCUT2D eigenvalue weighted by molar-refractivity contribution is 9.11. The summed E-state index contributed by atoms with van der Waals surface area (Å²) >= 11 is 3.23.